The number of hydrogen-bond acceptors (Lipinski definition) is 3. The van der Waals surface area contributed by atoms with Gasteiger partial charge in [-0.25, -0.2) is 9.18 Å². The summed E-state index contributed by atoms with van der Waals surface area (Å²) >= 11 is 0. The van der Waals surface area contributed by atoms with Crippen LogP contribution >= 0.6 is 0 Å². The molecule has 1 saturated heterocycles. The van der Waals surface area contributed by atoms with E-state index in [1.165, 1.54) is 24.3 Å². The lowest BCUT2D eigenvalue weighted by Crippen LogP contribution is -2.48. The van der Waals surface area contributed by atoms with E-state index in [0.29, 0.717) is 50.1 Å². The number of nitrogens with one attached hydrogen (secondary N) is 1. The molecule has 0 aromatic heterocycles. The molecule has 29 heavy (non-hydrogen) atoms. The number of alkyl halides is 3. The average molecular weight is 408 g/mol. The summed E-state index contributed by atoms with van der Waals surface area (Å²) in [5.74, 6) is -0.382. The fraction of sp³-hybridized carbons (Fsp3) is 0.381. The number of anilines is 1. The van der Waals surface area contributed by atoms with E-state index in [2.05, 4.69) is 10.2 Å². The van der Waals surface area contributed by atoms with Crippen molar-refractivity contribution in [2.45, 2.75) is 31.0 Å². The quantitative estimate of drug-likeness (QED) is 0.732. The van der Waals surface area contributed by atoms with Crippen LogP contribution in [-0.2, 0) is 22.9 Å². The van der Waals surface area contributed by atoms with Crippen molar-refractivity contribution in [2.24, 2.45) is 0 Å². The molecule has 2 aromatic carbocycles. The molecule has 2 aliphatic rings. The lowest BCUT2D eigenvalue weighted by molar-refractivity contribution is -0.137. The Kier molecular flexibility index (Phi) is 4.98. The summed E-state index contributed by atoms with van der Waals surface area (Å²) in [7, 11) is 0. The molecular formula is C21H20F4N2O2. The van der Waals surface area contributed by atoms with Gasteiger partial charge in [-0.1, -0.05) is 12.1 Å². The summed E-state index contributed by atoms with van der Waals surface area (Å²) < 4.78 is 57.3. The summed E-state index contributed by atoms with van der Waals surface area (Å²) in [6.07, 6.45) is -3.19. The van der Waals surface area contributed by atoms with Crippen LogP contribution in [0.15, 0.2) is 42.5 Å². The van der Waals surface area contributed by atoms with Gasteiger partial charge in [0.1, 0.15) is 11.4 Å². The molecule has 0 unspecified atom stereocenters. The first-order valence-electron chi connectivity index (χ1n) is 9.44. The van der Waals surface area contributed by atoms with E-state index >= 15 is 0 Å². The zero-order valence-electron chi connectivity index (χ0n) is 15.6. The first kappa shape index (κ1) is 19.7. The second kappa shape index (κ2) is 7.33. The third-order valence-electron chi connectivity index (χ3n) is 5.66. The van der Waals surface area contributed by atoms with Gasteiger partial charge in [-0.2, -0.15) is 13.2 Å². The van der Waals surface area contributed by atoms with Gasteiger partial charge in [0, 0.05) is 38.0 Å². The van der Waals surface area contributed by atoms with E-state index in [1.54, 1.807) is 6.07 Å². The Morgan fingerprint density at radius 3 is 2.41 bits per heavy atom. The second-order valence-corrected chi connectivity index (χ2v) is 7.49. The maximum Gasteiger partial charge on any atom is 0.416 e. The Labute approximate surface area is 165 Å². The Morgan fingerprint density at radius 1 is 1.07 bits per heavy atom. The van der Waals surface area contributed by atoms with Gasteiger partial charge in [0.05, 0.1) is 11.3 Å². The van der Waals surface area contributed by atoms with Gasteiger partial charge in [-0.05, 0) is 42.3 Å². The lowest BCUT2D eigenvalue weighted by Gasteiger charge is -2.44. The Bertz CT molecular complexity index is 904. The molecule has 1 N–H and O–H groups in total. The number of hydrogen-bond donors (Lipinski definition) is 1. The summed E-state index contributed by atoms with van der Waals surface area (Å²) in [5.41, 5.74) is 0.559. The van der Waals surface area contributed by atoms with Gasteiger partial charge in [-0.3, -0.25) is 5.32 Å². The van der Waals surface area contributed by atoms with Gasteiger partial charge < -0.3 is 9.64 Å². The molecule has 1 fully saturated rings. The number of rotatable bonds is 3. The molecule has 0 radical (unpaired) electrons. The SMILES string of the molecule is O=C1Nc2ccc(F)cc2C2(CCN(CCc3ccc(C(F)(F)F)cc3)CC2)O1. The van der Waals surface area contributed by atoms with Crippen LogP contribution < -0.4 is 5.32 Å². The maximum absolute atomic E-state index is 13.8. The van der Waals surface area contributed by atoms with Gasteiger partial charge in [0.25, 0.3) is 0 Å². The van der Waals surface area contributed by atoms with Crippen molar-refractivity contribution in [2.75, 3.05) is 25.0 Å². The van der Waals surface area contributed by atoms with Gasteiger partial charge in [0.15, 0.2) is 0 Å². The molecule has 2 heterocycles. The Balaban J connectivity index is 1.39. The predicted molar refractivity (Wildman–Crippen MR) is 99.0 cm³/mol. The third-order valence-corrected chi connectivity index (χ3v) is 5.66. The highest BCUT2D eigenvalue weighted by atomic mass is 19.4. The van der Waals surface area contributed by atoms with Crippen LogP contribution in [0.4, 0.5) is 28.0 Å². The third kappa shape index (κ3) is 4.07. The van der Waals surface area contributed by atoms with Crippen molar-refractivity contribution in [3.63, 3.8) is 0 Å². The molecule has 1 amide bonds. The van der Waals surface area contributed by atoms with E-state index in [-0.39, 0.29) is 5.82 Å². The van der Waals surface area contributed by atoms with E-state index in [0.717, 1.165) is 17.7 Å². The van der Waals surface area contributed by atoms with Crippen LogP contribution in [-0.4, -0.2) is 30.6 Å². The maximum atomic E-state index is 13.8. The minimum absolute atomic E-state index is 0.382. The summed E-state index contributed by atoms with van der Waals surface area (Å²) in [6.45, 7) is 1.97. The van der Waals surface area contributed by atoms with E-state index in [1.807, 2.05) is 0 Å². The smallest absolute Gasteiger partial charge is 0.416 e. The predicted octanol–water partition coefficient (Wildman–Crippen LogP) is 4.94. The first-order valence-corrected chi connectivity index (χ1v) is 9.44. The first-order chi connectivity index (χ1) is 13.7. The number of amides is 1. The number of carbonyl (C=O) groups is 1. The molecule has 4 nitrogen and oxygen atoms in total. The second-order valence-electron chi connectivity index (χ2n) is 7.49. The van der Waals surface area contributed by atoms with Gasteiger partial charge >= 0.3 is 12.3 Å². The minimum Gasteiger partial charge on any atom is -0.438 e. The zero-order valence-corrected chi connectivity index (χ0v) is 15.6. The van der Waals surface area contributed by atoms with Crippen LogP contribution in [0.1, 0.15) is 29.5 Å². The molecule has 154 valence electrons. The van der Waals surface area contributed by atoms with Crippen LogP contribution in [0.5, 0.6) is 0 Å². The molecule has 2 aromatic rings. The van der Waals surface area contributed by atoms with Gasteiger partial charge in [-0.15, -0.1) is 0 Å². The van der Waals surface area contributed by atoms with Crippen molar-refractivity contribution in [3.05, 3.63) is 65.0 Å². The van der Waals surface area contributed by atoms with Gasteiger partial charge in [0.2, 0.25) is 0 Å². The monoisotopic (exact) mass is 408 g/mol. The fourth-order valence-electron chi connectivity index (χ4n) is 4.03. The van der Waals surface area contributed by atoms with Crippen molar-refractivity contribution in [1.82, 2.24) is 4.90 Å². The van der Waals surface area contributed by atoms with Crippen molar-refractivity contribution in [3.8, 4) is 0 Å². The molecule has 1 spiro atoms. The molecule has 4 rings (SSSR count). The summed E-state index contributed by atoms with van der Waals surface area (Å²) in [6, 6.07) is 9.46. The van der Waals surface area contributed by atoms with Crippen LogP contribution in [0.2, 0.25) is 0 Å². The van der Waals surface area contributed by atoms with Crippen molar-refractivity contribution >= 4 is 11.8 Å². The van der Waals surface area contributed by atoms with E-state index in [4.69, 9.17) is 4.74 Å². The topological polar surface area (TPSA) is 41.6 Å². The molecule has 2 aliphatic heterocycles. The average Bonchev–Trinajstić information content (AvgIpc) is 2.68. The van der Waals surface area contributed by atoms with Crippen molar-refractivity contribution < 1.29 is 27.1 Å². The molecule has 0 saturated carbocycles. The van der Waals surface area contributed by atoms with E-state index in [9.17, 15) is 22.4 Å². The standard InChI is InChI=1S/C21H20F4N2O2/c22-16-5-6-18-17(13-16)20(29-19(28)26-18)8-11-27(12-9-20)10-7-14-1-3-15(4-2-14)21(23,24)25/h1-6,13H,7-12H2,(H,26,28). The van der Waals surface area contributed by atoms with Crippen LogP contribution in [0.3, 0.4) is 0 Å². The number of halogens is 4. The zero-order chi connectivity index (χ0) is 20.6. The van der Waals surface area contributed by atoms with E-state index < -0.39 is 23.4 Å². The normalized spacial score (nSPS) is 18.8. The highest BCUT2D eigenvalue weighted by molar-refractivity contribution is 5.88. The molecule has 0 bridgehead atoms. The molecule has 0 aliphatic carbocycles. The number of benzene rings is 2. The highest BCUT2D eigenvalue weighted by Crippen LogP contribution is 2.43. The number of fused-ring (bicyclic) bond motifs is 2. The molecular weight excluding hydrogens is 388 g/mol. The highest BCUT2D eigenvalue weighted by Gasteiger charge is 2.44. The largest absolute Gasteiger partial charge is 0.438 e. The molecule has 8 heteroatoms. The Morgan fingerprint density at radius 2 is 1.76 bits per heavy atom. The number of ether oxygens (including phenoxy) is 1. The number of nitrogens with zero attached hydrogens (tertiary/aromatic N) is 1. The number of piperidine rings is 1. The van der Waals surface area contributed by atoms with Crippen LogP contribution in [0, 0.1) is 5.82 Å². The van der Waals surface area contributed by atoms with Crippen LogP contribution in [0.25, 0.3) is 0 Å². The number of likely N-dealkylation sites (tertiary alicyclic amines) is 1. The Hall–Kier alpha value is -2.61. The molecule has 0 atom stereocenters. The van der Waals surface area contributed by atoms with Crippen molar-refractivity contribution in [1.29, 1.82) is 0 Å². The summed E-state index contributed by atoms with van der Waals surface area (Å²) in [5, 5.41) is 2.61. The number of carbonyl (C=O) groups excluding carboxylic acids is 1. The lowest BCUT2D eigenvalue weighted by atomic mass is 9.82. The summed E-state index contributed by atoms with van der Waals surface area (Å²) in [4.78, 5) is 14.1. The fourth-order valence-corrected chi connectivity index (χ4v) is 4.03. The minimum atomic E-state index is -4.33.